The summed E-state index contributed by atoms with van der Waals surface area (Å²) in [5, 5.41) is 8.48. The first-order valence-corrected chi connectivity index (χ1v) is 11.5. The predicted octanol–water partition coefficient (Wildman–Crippen LogP) is 2.02. The largest absolute Gasteiger partial charge is 0.463 e. The Bertz CT molecular complexity index is 568. The number of carbonyl (C=O) groups is 4. The van der Waals surface area contributed by atoms with E-state index in [9.17, 15) is 19.2 Å². The number of ether oxygens (including phenoxy) is 1. The molecule has 174 valence electrons. The van der Waals surface area contributed by atoms with Crippen LogP contribution in [0, 0.1) is 5.41 Å². The molecule has 0 spiro atoms. The average molecular weight is 446 g/mol. The third-order valence-electron chi connectivity index (χ3n) is 3.78. The highest BCUT2D eigenvalue weighted by Crippen LogP contribution is 2.21. The van der Waals surface area contributed by atoms with Crippen molar-refractivity contribution in [3.05, 3.63) is 0 Å². The van der Waals surface area contributed by atoms with Crippen molar-refractivity contribution in [3.63, 3.8) is 0 Å². The highest BCUT2D eigenvalue weighted by atomic mass is 32.2. The Morgan fingerprint density at radius 2 is 1.50 bits per heavy atom. The van der Waals surface area contributed by atoms with Gasteiger partial charge in [-0.25, -0.2) is 0 Å². The second-order valence-corrected chi connectivity index (χ2v) is 10.4. The van der Waals surface area contributed by atoms with Gasteiger partial charge in [0.25, 0.3) is 0 Å². The number of amides is 2. The Balaban J connectivity index is 3.71. The average Bonchev–Trinajstić information content (AvgIpc) is 2.56. The summed E-state index contributed by atoms with van der Waals surface area (Å²) in [7, 11) is 0. The minimum Gasteiger partial charge on any atom is -0.463 e. The van der Waals surface area contributed by atoms with E-state index >= 15 is 0 Å². The summed E-state index contributed by atoms with van der Waals surface area (Å²) in [4.78, 5) is 46.8. The minimum absolute atomic E-state index is 0.0173. The van der Waals surface area contributed by atoms with Gasteiger partial charge in [0.05, 0.1) is 24.7 Å². The third kappa shape index (κ3) is 19.7. The number of rotatable bonds is 14. The third-order valence-corrected chi connectivity index (χ3v) is 4.71. The summed E-state index contributed by atoms with van der Waals surface area (Å²) in [6.45, 7) is 12.9. The maximum atomic E-state index is 11.8. The Morgan fingerprint density at radius 3 is 2.07 bits per heavy atom. The van der Waals surface area contributed by atoms with Crippen LogP contribution in [0.5, 0.6) is 0 Å². The van der Waals surface area contributed by atoms with E-state index in [1.807, 2.05) is 20.8 Å². The molecule has 0 heterocycles. The van der Waals surface area contributed by atoms with Gasteiger partial charge in [-0.2, -0.15) is 0 Å². The molecule has 0 rings (SSSR count). The normalized spacial score (nSPS) is 11.7. The molecular formula is C21H39N3O5S. The summed E-state index contributed by atoms with van der Waals surface area (Å²) in [6.07, 6.45) is 1.83. The molecule has 0 unspecified atom stereocenters. The number of Topliss-reactive ketones (excluding diaryl/α,β-unsaturated/α-hetero) is 1. The van der Waals surface area contributed by atoms with Crippen LogP contribution in [-0.4, -0.2) is 60.4 Å². The zero-order valence-corrected chi connectivity index (χ0v) is 20.1. The summed E-state index contributed by atoms with van der Waals surface area (Å²) in [5.41, 5.74) is 0.0911. The van der Waals surface area contributed by atoms with Crippen molar-refractivity contribution in [3.8, 4) is 0 Å². The van der Waals surface area contributed by atoms with Gasteiger partial charge in [-0.15, -0.1) is 11.8 Å². The molecule has 0 aliphatic heterocycles. The van der Waals surface area contributed by atoms with Gasteiger partial charge in [-0.05, 0) is 39.0 Å². The van der Waals surface area contributed by atoms with E-state index in [1.165, 1.54) is 11.8 Å². The van der Waals surface area contributed by atoms with E-state index in [0.717, 1.165) is 12.8 Å². The lowest BCUT2D eigenvalue weighted by Gasteiger charge is -2.20. The van der Waals surface area contributed by atoms with Crippen LogP contribution in [0.4, 0.5) is 0 Å². The molecule has 2 amide bonds. The quantitative estimate of drug-likeness (QED) is 0.162. The Morgan fingerprint density at radius 1 is 0.900 bits per heavy atom. The van der Waals surface area contributed by atoms with Gasteiger partial charge in [-0.1, -0.05) is 20.8 Å². The molecule has 0 aliphatic carbocycles. The zero-order valence-electron chi connectivity index (χ0n) is 19.3. The number of hydrogen-bond donors (Lipinski definition) is 3. The highest BCUT2D eigenvalue weighted by molar-refractivity contribution is 8.00. The van der Waals surface area contributed by atoms with Crippen LogP contribution in [0.1, 0.15) is 67.2 Å². The van der Waals surface area contributed by atoms with Gasteiger partial charge < -0.3 is 15.4 Å². The molecule has 0 bridgehead atoms. The number of nitrogens with one attached hydrogen (secondary N) is 3. The van der Waals surface area contributed by atoms with Crippen molar-refractivity contribution in [1.82, 2.24) is 16.0 Å². The number of hydrogen-bond acceptors (Lipinski definition) is 7. The second-order valence-electron chi connectivity index (χ2n) is 9.40. The van der Waals surface area contributed by atoms with E-state index in [4.69, 9.17) is 4.74 Å². The van der Waals surface area contributed by atoms with Crippen LogP contribution in [0.3, 0.4) is 0 Å². The summed E-state index contributed by atoms with van der Waals surface area (Å²) in [5.74, 6) is -0.757. The molecule has 0 aromatic heterocycles. The molecule has 0 aromatic carbocycles. The van der Waals surface area contributed by atoms with Crippen molar-refractivity contribution in [2.75, 3.05) is 31.3 Å². The van der Waals surface area contributed by atoms with E-state index in [0.29, 0.717) is 13.1 Å². The van der Waals surface area contributed by atoms with Crippen LogP contribution >= 0.6 is 11.8 Å². The smallest absolute Gasteiger partial charge is 0.313 e. The lowest BCUT2D eigenvalue weighted by atomic mass is 9.89. The molecule has 8 nitrogen and oxygen atoms in total. The first kappa shape index (κ1) is 28.4. The number of esters is 1. The summed E-state index contributed by atoms with van der Waals surface area (Å²) < 4.78 is 4.97. The van der Waals surface area contributed by atoms with Gasteiger partial charge in [0.15, 0.2) is 0 Å². The van der Waals surface area contributed by atoms with E-state index in [2.05, 4.69) is 36.7 Å². The summed E-state index contributed by atoms with van der Waals surface area (Å²) in [6, 6.07) is 0. The first-order valence-electron chi connectivity index (χ1n) is 10.3. The molecule has 3 N–H and O–H groups in total. The number of carbonyl (C=O) groups excluding carboxylic acids is 4. The van der Waals surface area contributed by atoms with E-state index < -0.39 is 5.97 Å². The Labute approximate surface area is 185 Å². The molecule has 0 saturated carbocycles. The minimum atomic E-state index is -0.570. The van der Waals surface area contributed by atoms with Crippen LogP contribution in [0.25, 0.3) is 0 Å². The number of ketones is 1. The highest BCUT2D eigenvalue weighted by Gasteiger charge is 2.14. The fraction of sp³-hybridized carbons (Fsp3) is 0.810. The van der Waals surface area contributed by atoms with Gasteiger partial charge in [0.2, 0.25) is 11.8 Å². The maximum Gasteiger partial charge on any atom is 0.313 e. The first-order chi connectivity index (χ1) is 13.8. The van der Waals surface area contributed by atoms with Crippen LogP contribution < -0.4 is 16.0 Å². The van der Waals surface area contributed by atoms with Gasteiger partial charge in [0.1, 0.15) is 18.8 Å². The fourth-order valence-electron chi connectivity index (χ4n) is 2.22. The van der Waals surface area contributed by atoms with Gasteiger partial charge in [0, 0.05) is 12.0 Å². The molecule has 30 heavy (non-hydrogen) atoms. The van der Waals surface area contributed by atoms with E-state index in [1.54, 1.807) is 0 Å². The fourth-order valence-corrected chi connectivity index (χ4v) is 2.90. The van der Waals surface area contributed by atoms with Crippen molar-refractivity contribution >= 4 is 35.3 Å². The second kappa shape index (κ2) is 14.4. The van der Waals surface area contributed by atoms with Crippen LogP contribution in [0.15, 0.2) is 0 Å². The van der Waals surface area contributed by atoms with Crippen molar-refractivity contribution < 1.29 is 23.9 Å². The molecule has 9 heteroatoms. The van der Waals surface area contributed by atoms with Crippen molar-refractivity contribution in [2.24, 2.45) is 5.41 Å². The van der Waals surface area contributed by atoms with Gasteiger partial charge in [-0.3, -0.25) is 24.5 Å². The molecule has 0 radical (unpaired) electrons. The SMILES string of the molecule is CC(C)(C)CCCC(=O)CC(=O)OCCNC(=O)CSCC(=O)NCNC(C)(C)C. The topological polar surface area (TPSA) is 114 Å². The van der Waals surface area contributed by atoms with Crippen LogP contribution in [0.2, 0.25) is 0 Å². The standard InChI is InChI=1S/C21H39N3O5S/c1-20(2,3)9-7-8-16(25)12-19(28)29-11-10-22-17(26)13-30-14-18(27)23-15-24-21(4,5)6/h24H,7-15H2,1-6H3,(H,22,26)(H,23,27). The molecule has 0 aromatic rings. The molecule has 0 atom stereocenters. The predicted molar refractivity (Wildman–Crippen MR) is 120 cm³/mol. The van der Waals surface area contributed by atoms with Crippen LogP contribution in [-0.2, 0) is 23.9 Å². The molecule has 0 aliphatic rings. The van der Waals surface area contributed by atoms with Crippen molar-refractivity contribution in [2.45, 2.75) is 72.8 Å². The molecule has 0 fully saturated rings. The molecular weight excluding hydrogens is 406 g/mol. The molecule has 0 saturated heterocycles. The van der Waals surface area contributed by atoms with Crippen molar-refractivity contribution in [1.29, 1.82) is 0 Å². The lowest BCUT2D eigenvalue weighted by molar-refractivity contribution is -0.146. The number of thioether (sulfide) groups is 1. The Hall–Kier alpha value is -1.61. The lowest BCUT2D eigenvalue weighted by Crippen LogP contribution is -2.44. The van der Waals surface area contributed by atoms with E-state index in [-0.39, 0.29) is 59.6 Å². The monoisotopic (exact) mass is 445 g/mol. The summed E-state index contributed by atoms with van der Waals surface area (Å²) >= 11 is 1.21. The zero-order chi connectivity index (χ0) is 23.2. The van der Waals surface area contributed by atoms with Gasteiger partial charge >= 0.3 is 5.97 Å². The maximum absolute atomic E-state index is 11.8. The Kier molecular flexibility index (Phi) is 13.6.